The standard InChI is InChI=1S/C8H5N3OS/c12-5-6-4-11-8(13-6)7-9-2-1-3-10-7/h1-5H. The van der Waals surface area contributed by atoms with Gasteiger partial charge in [-0.25, -0.2) is 15.0 Å². The largest absolute Gasteiger partial charge is 0.297 e. The fourth-order valence-corrected chi connectivity index (χ4v) is 1.53. The molecule has 0 amide bonds. The van der Waals surface area contributed by atoms with E-state index in [1.165, 1.54) is 17.5 Å². The summed E-state index contributed by atoms with van der Waals surface area (Å²) in [5, 5.41) is 0.669. The van der Waals surface area contributed by atoms with Crippen LogP contribution in [0.15, 0.2) is 24.7 Å². The highest BCUT2D eigenvalue weighted by Gasteiger charge is 2.05. The molecular weight excluding hydrogens is 186 g/mol. The van der Waals surface area contributed by atoms with Gasteiger partial charge in [0.05, 0.1) is 4.88 Å². The maximum atomic E-state index is 10.4. The molecule has 0 bridgehead atoms. The van der Waals surface area contributed by atoms with Crippen molar-refractivity contribution in [3.8, 4) is 10.8 Å². The molecule has 4 nitrogen and oxygen atoms in total. The number of aromatic nitrogens is 3. The van der Waals surface area contributed by atoms with Gasteiger partial charge in [-0.2, -0.15) is 0 Å². The number of thiazole rings is 1. The van der Waals surface area contributed by atoms with E-state index in [4.69, 9.17) is 0 Å². The fraction of sp³-hybridized carbons (Fsp3) is 0. The zero-order valence-electron chi connectivity index (χ0n) is 6.54. The summed E-state index contributed by atoms with van der Waals surface area (Å²) in [7, 11) is 0. The van der Waals surface area contributed by atoms with Crippen LogP contribution in [0.1, 0.15) is 9.67 Å². The summed E-state index contributed by atoms with van der Waals surface area (Å²) in [6, 6.07) is 1.73. The second kappa shape index (κ2) is 3.40. The third-order valence-electron chi connectivity index (χ3n) is 1.40. The first-order valence-electron chi connectivity index (χ1n) is 3.58. The number of carbonyl (C=O) groups is 1. The highest BCUT2D eigenvalue weighted by molar-refractivity contribution is 7.16. The molecule has 0 unspecified atom stereocenters. The summed E-state index contributed by atoms with van der Waals surface area (Å²) in [4.78, 5) is 23.0. The molecule has 0 saturated heterocycles. The van der Waals surface area contributed by atoms with E-state index >= 15 is 0 Å². The van der Waals surface area contributed by atoms with Crippen LogP contribution < -0.4 is 0 Å². The minimum atomic E-state index is 0.556. The zero-order chi connectivity index (χ0) is 9.10. The minimum absolute atomic E-state index is 0.556. The normalized spacial score (nSPS) is 9.85. The maximum absolute atomic E-state index is 10.4. The molecule has 2 aromatic heterocycles. The van der Waals surface area contributed by atoms with Gasteiger partial charge in [-0.15, -0.1) is 11.3 Å². The lowest BCUT2D eigenvalue weighted by molar-refractivity contribution is 0.112. The van der Waals surface area contributed by atoms with Crippen LogP contribution in [-0.4, -0.2) is 21.2 Å². The van der Waals surface area contributed by atoms with Crippen molar-refractivity contribution in [2.45, 2.75) is 0 Å². The van der Waals surface area contributed by atoms with Crippen LogP contribution in [0, 0.1) is 0 Å². The predicted octanol–water partition coefficient (Wildman–Crippen LogP) is 1.41. The smallest absolute Gasteiger partial charge is 0.188 e. The van der Waals surface area contributed by atoms with E-state index in [1.807, 2.05) is 0 Å². The lowest BCUT2D eigenvalue weighted by atomic mass is 10.6. The van der Waals surface area contributed by atoms with E-state index in [0.717, 1.165) is 6.29 Å². The van der Waals surface area contributed by atoms with E-state index in [9.17, 15) is 4.79 Å². The van der Waals surface area contributed by atoms with Crippen LogP contribution in [0.4, 0.5) is 0 Å². The van der Waals surface area contributed by atoms with Gasteiger partial charge in [0, 0.05) is 18.6 Å². The number of hydrogen-bond donors (Lipinski definition) is 0. The van der Waals surface area contributed by atoms with Crippen LogP contribution >= 0.6 is 11.3 Å². The minimum Gasteiger partial charge on any atom is -0.297 e. The summed E-state index contributed by atoms with van der Waals surface area (Å²) in [6.07, 6.45) is 5.57. The summed E-state index contributed by atoms with van der Waals surface area (Å²) in [5.74, 6) is 0.556. The van der Waals surface area contributed by atoms with Gasteiger partial charge < -0.3 is 0 Å². The molecule has 0 N–H and O–H groups in total. The predicted molar refractivity (Wildman–Crippen MR) is 48.5 cm³/mol. The topological polar surface area (TPSA) is 55.7 Å². The van der Waals surface area contributed by atoms with Crippen molar-refractivity contribution >= 4 is 17.6 Å². The number of carbonyl (C=O) groups excluding carboxylic acids is 1. The molecule has 0 radical (unpaired) electrons. The van der Waals surface area contributed by atoms with Crippen molar-refractivity contribution in [1.29, 1.82) is 0 Å². The van der Waals surface area contributed by atoms with Crippen molar-refractivity contribution < 1.29 is 4.79 Å². The third-order valence-corrected chi connectivity index (χ3v) is 2.32. The summed E-state index contributed by atoms with van der Waals surface area (Å²) in [6.45, 7) is 0. The molecular formula is C8H5N3OS. The Bertz CT molecular complexity index is 412. The Morgan fingerprint density at radius 3 is 2.62 bits per heavy atom. The lowest BCUT2D eigenvalue weighted by Crippen LogP contribution is -1.84. The van der Waals surface area contributed by atoms with Crippen molar-refractivity contribution in [2.75, 3.05) is 0 Å². The van der Waals surface area contributed by atoms with E-state index in [0.29, 0.717) is 15.7 Å². The Kier molecular flexibility index (Phi) is 2.09. The number of rotatable bonds is 2. The SMILES string of the molecule is O=Cc1cnc(-c2ncccn2)s1. The molecule has 5 heteroatoms. The first-order chi connectivity index (χ1) is 6.40. The molecule has 2 rings (SSSR count). The van der Waals surface area contributed by atoms with Crippen LogP contribution in [0.3, 0.4) is 0 Å². The van der Waals surface area contributed by atoms with Gasteiger partial charge >= 0.3 is 0 Å². The number of hydrogen-bond acceptors (Lipinski definition) is 5. The summed E-state index contributed by atoms with van der Waals surface area (Å²) < 4.78 is 0. The summed E-state index contributed by atoms with van der Waals surface area (Å²) >= 11 is 1.28. The van der Waals surface area contributed by atoms with Crippen molar-refractivity contribution in [2.24, 2.45) is 0 Å². The molecule has 0 atom stereocenters. The van der Waals surface area contributed by atoms with Gasteiger partial charge in [-0.3, -0.25) is 4.79 Å². The van der Waals surface area contributed by atoms with Crippen molar-refractivity contribution in [1.82, 2.24) is 15.0 Å². The first-order valence-corrected chi connectivity index (χ1v) is 4.40. The van der Waals surface area contributed by atoms with E-state index in [1.54, 1.807) is 18.5 Å². The molecule has 0 spiro atoms. The Balaban J connectivity index is 2.41. The molecule has 0 saturated carbocycles. The van der Waals surface area contributed by atoms with Crippen LogP contribution in [0.2, 0.25) is 0 Å². The molecule has 2 aromatic rings. The number of aldehydes is 1. The van der Waals surface area contributed by atoms with E-state index in [2.05, 4.69) is 15.0 Å². The molecule has 13 heavy (non-hydrogen) atoms. The molecule has 0 aliphatic carbocycles. The van der Waals surface area contributed by atoms with E-state index in [-0.39, 0.29) is 0 Å². The Hall–Kier alpha value is -1.62. The molecule has 64 valence electrons. The van der Waals surface area contributed by atoms with Gasteiger partial charge in [-0.05, 0) is 6.07 Å². The van der Waals surface area contributed by atoms with E-state index < -0.39 is 0 Å². The average molecular weight is 191 g/mol. The molecule has 2 heterocycles. The van der Waals surface area contributed by atoms with Gasteiger partial charge in [0.2, 0.25) is 0 Å². The van der Waals surface area contributed by atoms with Crippen LogP contribution in [0.5, 0.6) is 0 Å². The maximum Gasteiger partial charge on any atom is 0.188 e. The fourth-order valence-electron chi connectivity index (χ4n) is 0.854. The molecule has 0 fully saturated rings. The molecule has 0 aromatic carbocycles. The number of nitrogens with zero attached hydrogens (tertiary/aromatic N) is 3. The highest BCUT2D eigenvalue weighted by Crippen LogP contribution is 2.19. The molecule has 0 aliphatic rings. The average Bonchev–Trinajstić information content (AvgIpc) is 2.67. The van der Waals surface area contributed by atoms with Crippen LogP contribution in [0.25, 0.3) is 10.8 Å². The first kappa shape index (κ1) is 8.00. The quantitative estimate of drug-likeness (QED) is 0.673. The summed E-state index contributed by atoms with van der Waals surface area (Å²) in [5.41, 5.74) is 0. The van der Waals surface area contributed by atoms with Gasteiger partial charge in [0.25, 0.3) is 0 Å². The third kappa shape index (κ3) is 1.59. The van der Waals surface area contributed by atoms with Gasteiger partial charge in [0.1, 0.15) is 0 Å². The van der Waals surface area contributed by atoms with Crippen LogP contribution in [-0.2, 0) is 0 Å². The second-order valence-corrected chi connectivity index (χ2v) is 3.32. The zero-order valence-corrected chi connectivity index (χ0v) is 7.36. The lowest BCUT2D eigenvalue weighted by Gasteiger charge is -1.89. The molecule has 0 aliphatic heterocycles. The van der Waals surface area contributed by atoms with Crippen molar-refractivity contribution in [3.63, 3.8) is 0 Å². The Morgan fingerprint density at radius 1 is 1.23 bits per heavy atom. The Labute approximate surface area is 78.3 Å². The monoisotopic (exact) mass is 191 g/mol. The Morgan fingerprint density at radius 2 is 2.00 bits per heavy atom. The van der Waals surface area contributed by atoms with Gasteiger partial charge in [-0.1, -0.05) is 0 Å². The van der Waals surface area contributed by atoms with Gasteiger partial charge in [0.15, 0.2) is 17.1 Å². The second-order valence-electron chi connectivity index (χ2n) is 2.26. The highest BCUT2D eigenvalue weighted by atomic mass is 32.1. The van der Waals surface area contributed by atoms with Crippen molar-refractivity contribution in [3.05, 3.63) is 29.5 Å².